The second-order valence-corrected chi connectivity index (χ2v) is 9.16. The van der Waals surface area contributed by atoms with Crippen molar-refractivity contribution in [3.63, 3.8) is 0 Å². The molecule has 1 unspecified atom stereocenters. The van der Waals surface area contributed by atoms with Crippen LogP contribution in [0.25, 0.3) is 0 Å². The normalized spacial score (nSPS) is 13.5. The third kappa shape index (κ3) is 8.28. The summed E-state index contributed by atoms with van der Waals surface area (Å²) in [5.41, 5.74) is 0. The lowest BCUT2D eigenvalue weighted by atomic mass is 10.2. The van der Waals surface area contributed by atoms with Crippen LogP contribution >= 0.6 is 27.7 Å². The highest BCUT2D eigenvalue weighted by atomic mass is 79.9. The standard InChI is InChI=1S/C15H19BrF3NO5S2/c1-9(2)24-14(21)11(6-7-26-3)20-27(22,23)13-5-4-10(16)8-12(13)25-15(17,18)19/h4-5,8-9,11,20H,6-7H2,1-3H3. The molecule has 0 spiro atoms. The molecule has 0 amide bonds. The summed E-state index contributed by atoms with van der Waals surface area (Å²) in [6.07, 6.45) is -3.68. The molecule has 12 heteroatoms. The first-order valence-corrected chi connectivity index (χ1v) is 11.3. The summed E-state index contributed by atoms with van der Waals surface area (Å²) in [4.78, 5) is 11.4. The molecule has 1 aromatic rings. The Morgan fingerprint density at radius 2 is 1.96 bits per heavy atom. The average Bonchev–Trinajstić information content (AvgIpc) is 2.48. The molecule has 0 bridgehead atoms. The molecule has 0 aliphatic carbocycles. The van der Waals surface area contributed by atoms with E-state index in [1.807, 2.05) is 0 Å². The molecular formula is C15H19BrF3NO5S2. The van der Waals surface area contributed by atoms with E-state index in [9.17, 15) is 26.4 Å². The van der Waals surface area contributed by atoms with Gasteiger partial charge in [-0.15, -0.1) is 13.2 Å². The first-order valence-electron chi connectivity index (χ1n) is 7.62. The first kappa shape index (κ1) is 24.1. The highest BCUT2D eigenvalue weighted by Gasteiger charge is 2.35. The fourth-order valence-electron chi connectivity index (χ4n) is 1.93. The van der Waals surface area contributed by atoms with E-state index in [2.05, 4.69) is 25.4 Å². The molecule has 1 atom stereocenters. The van der Waals surface area contributed by atoms with Crippen molar-refractivity contribution >= 4 is 43.7 Å². The van der Waals surface area contributed by atoms with Gasteiger partial charge in [-0.3, -0.25) is 4.79 Å². The molecule has 0 saturated carbocycles. The number of halogens is 4. The number of sulfonamides is 1. The molecule has 154 valence electrons. The van der Waals surface area contributed by atoms with E-state index in [4.69, 9.17) is 4.74 Å². The summed E-state index contributed by atoms with van der Waals surface area (Å²) >= 11 is 4.35. The summed E-state index contributed by atoms with van der Waals surface area (Å²) in [6, 6.07) is 1.84. The predicted molar refractivity (Wildman–Crippen MR) is 99.2 cm³/mol. The number of hydrogen-bond donors (Lipinski definition) is 1. The Hall–Kier alpha value is -0.980. The molecule has 0 saturated heterocycles. The van der Waals surface area contributed by atoms with E-state index in [0.29, 0.717) is 5.75 Å². The van der Waals surface area contributed by atoms with Crippen molar-refractivity contribution in [2.45, 2.75) is 43.7 Å². The SMILES string of the molecule is CSCCC(NS(=O)(=O)c1ccc(Br)cc1OC(F)(F)F)C(=O)OC(C)C. The Kier molecular flexibility index (Phi) is 8.90. The van der Waals surface area contributed by atoms with Crippen LogP contribution in [0.1, 0.15) is 20.3 Å². The molecule has 27 heavy (non-hydrogen) atoms. The van der Waals surface area contributed by atoms with Crippen LogP contribution in [-0.2, 0) is 19.6 Å². The Morgan fingerprint density at radius 3 is 2.48 bits per heavy atom. The molecule has 0 heterocycles. The lowest BCUT2D eigenvalue weighted by molar-refractivity contribution is -0.275. The fourth-order valence-corrected chi connectivity index (χ4v) is 4.07. The lowest BCUT2D eigenvalue weighted by Crippen LogP contribution is -2.43. The Balaban J connectivity index is 3.21. The highest BCUT2D eigenvalue weighted by Crippen LogP contribution is 2.32. The van der Waals surface area contributed by atoms with Crippen molar-refractivity contribution in [3.8, 4) is 5.75 Å². The molecule has 6 nitrogen and oxygen atoms in total. The van der Waals surface area contributed by atoms with E-state index in [0.717, 1.165) is 12.1 Å². The minimum absolute atomic E-state index is 0.109. The van der Waals surface area contributed by atoms with Gasteiger partial charge in [-0.1, -0.05) is 15.9 Å². The van der Waals surface area contributed by atoms with Crippen molar-refractivity contribution in [2.75, 3.05) is 12.0 Å². The smallest absolute Gasteiger partial charge is 0.462 e. The molecule has 1 N–H and O–H groups in total. The van der Waals surface area contributed by atoms with Crippen molar-refractivity contribution in [2.24, 2.45) is 0 Å². The molecule has 0 aliphatic heterocycles. The van der Waals surface area contributed by atoms with Crippen molar-refractivity contribution in [1.82, 2.24) is 4.72 Å². The first-order chi connectivity index (χ1) is 12.4. The van der Waals surface area contributed by atoms with Gasteiger partial charge in [0.1, 0.15) is 10.9 Å². The van der Waals surface area contributed by atoms with Gasteiger partial charge >= 0.3 is 12.3 Å². The zero-order chi connectivity index (χ0) is 20.8. The quantitative estimate of drug-likeness (QED) is 0.528. The van der Waals surface area contributed by atoms with Gasteiger partial charge < -0.3 is 9.47 Å². The van der Waals surface area contributed by atoms with Crippen LogP contribution in [0.4, 0.5) is 13.2 Å². The number of rotatable bonds is 9. The fraction of sp³-hybridized carbons (Fsp3) is 0.533. The summed E-state index contributed by atoms with van der Waals surface area (Å²) in [7, 11) is -4.50. The molecule has 0 radical (unpaired) electrons. The Morgan fingerprint density at radius 1 is 1.33 bits per heavy atom. The van der Waals surface area contributed by atoms with Gasteiger partial charge in [-0.05, 0) is 50.5 Å². The maximum Gasteiger partial charge on any atom is 0.573 e. The van der Waals surface area contributed by atoms with Gasteiger partial charge in [0.25, 0.3) is 0 Å². The lowest BCUT2D eigenvalue weighted by Gasteiger charge is -2.20. The summed E-state index contributed by atoms with van der Waals surface area (Å²) < 4.78 is 74.2. The van der Waals surface area contributed by atoms with Gasteiger partial charge in [-0.25, -0.2) is 8.42 Å². The maximum absolute atomic E-state index is 12.6. The third-order valence-electron chi connectivity index (χ3n) is 2.97. The van der Waals surface area contributed by atoms with Crippen LogP contribution in [0.2, 0.25) is 0 Å². The van der Waals surface area contributed by atoms with E-state index in [-0.39, 0.29) is 10.9 Å². The second-order valence-electron chi connectivity index (χ2n) is 5.58. The average molecular weight is 494 g/mol. The van der Waals surface area contributed by atoms with Gasteiger partial charge in [0.2, 0.25) is 10.0 Å². The highest BCUT2D eigenvalue weighted by molar-refractivity contribution is 9.10. The summed E-state index contributed by atoms with van der Waals surface area (Å²) in [5.74, 6) is -1.28. The largest absolute Gasteiger partial charge is 0.573 e. The van der Waals surface area contributed by atoms with Gasteiger partial charge in [0.05, 0.1) is 6.10 Å². The topological polar surface area (TPSA) is 81.7 Å². The molecule has 0 aliphatic rings. The minimum atomic E-state index is -5.08. The second kappa shape index (κ2) is 9.99. The molecule has 0 fully saturated rings. The number of esters is 1. The Labute approximate surface area is 168 Å². The maximum atomic E-state index is 12.6. The minimum Gasteiger partial charge on any atom is -0.462 e. The summed E-state index contributed by atoms with van der Waals surface area (Å²) in [6.45, 7) is 3.20. The molecule has 0 aromatic heterocycles. The monoisotopic (exact) mass is 493 g/mol. The van der Waals surface area contributed by atoms with Crippen LogP contribution in [0, 0.1) is 0 Å². The number of benzene rings is 1. The number of thioether (sulfide) groups is 1. The zero-order valence-corrected chi connectivity index (χ0v) is 17.9. The number of hydrogen-bond acceptors (Lipinski definition) is 6. The van der Waals surface area contributed by atoms with E-state index >= 15 is 0 Å². The summed E-state index contributed by atoms with van der Waals surface area (Å²) in [5, 5.41) is 0. The third-order valence-corrected chi connectivity index (χ3v) is 5.61. The van der Waals surface area contributed by atoms with E-state index in [1.165, 1.54) is 17.8 Å². The van der Waals surface area contributed by atoms with E-state index in [1.54, 1.807) is 20.1 Å². The van der Waals surface area contributed by atoms with Crippen LogP contribution in [-0.4, -0.2) is 44.9 Å². The zero-order valence-electron chi connectivity index (χ0n) is 14.7. The molecule has 1 aromatic carbocycles. The Bertz CT molecular complexity index is 756. The molecule has 1 rings (SSSR count). The van der Waals surface area contributed by atoms with Gasteiger partial charge in [0, 0.05) is 4.47 Å². The number of carbonyl (C=O) groups excluding carboxylic acids is 1. The van der Waals surface area contributed by atoms with Gasteiger partial charge in [-0.2, -0.15) is 16.5 Å². The number of ether oxygens (including phenoxy) is 2. The van der Waals surface area contributed by atoms with Crippen LogP contribution in [0.5, 0.6) is 5.75 Å². The van der Waals surface area contributed by atoms with E-state index < -0.39 is 45.1 Å². The molecular weight excluding hydrogens is 475 g/mol. The number of nitrogens with one attached hydrogen (secondary N) is 1. The van der Waals surface area contributed by atoms with Crippen LogP contribution in [0.3, 0.4) is 0 Å². The number of carbonyl (C=O) groups is 1. The van der Waals surface area contributed by atoms with Crippen molar-refractivity contribution in [1.29, 1.82) is 0 Å². The van der Waals surface area contributed by atoms with Crippen molar-refractivity contribution < 1.29 is 35.9 Å². The number of alkyl halides is 3. The van der Waals surface area contributed by atoms with Gasteiger partial charge in [0.15, 0.2) is 5.75 Å². The van der Waals surface area contributed by atoms with Crippen LogP contribution < -0.4 is 9.46 Å². The van der Waals surface area contributed by atoms with Crippen molar-refractivity contribution in [3.05, 3.63) is 22.7 Å². The predicted octanol–water partition coefficient (Wildman–Crippen LogP) is 3.70. The van der Waals surface area contributed by atoms with Crippen LogP contribution in [0.15, 0.2) is 27.6 Å².